The van der Waals surface area contributed by atoms with Crippen LogP contribution >= 0.6 is 0 Å². The molecule has 1 aromatic rings. The summed E-state index contributed by atoms with van der Waals surface area (Å²) in [4.78, 5) is 22.6. The predicted molar refractivity (Wildman–Crippen MR) is 89.2 cm³/mol. The van der Waals surface area contributed by atoms with Gasteiger partial charge in [-0.15, -0.1) is 0 Å². The van der Waals surface area contributed by atoms with Gasteiger partial charge >= 0.3 is 6.09 Å². The molecule has 0 aliphatic heterocycles. The number of hydrogen-bond acceptors (Lipinski definition) is 4. The first-order chi connectivity index (χ1) is 10.9. The minimum atomic E-state index is -0.567. The maximum Gasteiger partial charge on any atom is 0.408 e. The molecule has 0 aliphatic carbocycles. The predicted octanol–water partition coefficient (Wildman–Crippen LogP) is 3.47. The second-order valence-corrected chi connectivity index (χ2v) is 6.42. The normalized spacial score (nSPS) is 12.5. The van der Waals surface area contributed by atoms with E-state index in [1.807, 2.05) is 30.3 Å². The van der Waals surface area contributed by atoms with Crippen molar-refractivity contribution in [1.82, 2.24) is 5.32 Å². The first kappa shape index (κ1) is 19.2. The molecule has 1 aromatic carbocycles. The van der Waals surface area contributed by atoms with Crippen molar-refractivity contribution in [2.75, 3.05) is 6.61 Å². The van der Waals surface area contributed by atoms with Gasteiger partial charge in [0.25, 0.3) is 0 Å². The molecule has 0 saturated heterocycles. The van der Waals surface area contributed by atoms with Gasteiger partial charge in [-0.2, -0.15) is 0 Å². The second kappa shape index (κ2) is 10.0. The van der Waals surface area contributed by atoms with Gasteiger partial charge in [-0.05, 0) is 45.6 Å². The topological polar surface area (TPSA) is 64.6 Å². The van der Waals surface area contributed by atoms with Crippen molar-refractivity contribution in [2.45, 2.75) is 58.3 Å². The lowest BCUT2D eigenvalue weighted by Crippen LogP contribution is -2.39. The van der Waals surface area contributed by atoms with Crippen LogP contribution in [0.15, 0.2) is 30.3 Å². The summed E-state index contributed by atoms with van der Waals surface area (Å²) in [6.45, 7) is 6.58. The molecular weight excluding hydrogens is 294 g/mol. The molecule has 0 bridgehead atoms. The van der Waals surface area contributed by atoms with Crippen molar-refractivity contribution in [1.29, 1.82) is 0 Å². The van der Waals surface area contributed by atoms with E-state index < -0.39 is 17.7 Å². The lowest BCUT2D eigenvalue weighted by Gasteiger charge is -2.21. The zero-order chi connectivity index (χ0) is 17.1. The van der Waals surface area contributed by atoms with Crippen LogP contribution in [0.4, 0.5) is 4.79 Å². The Balaban J connectivity index is 2.12. The average molecular weight is 321 g/mol. The highest BCUT2D eigenvalue weighted by atomic mass is 16.6. The monoisotopic (exact) mass is 321 g/mol. The Morgan fingerprint density at radius 2 is 1.91 bits per heavy atom. The Kier molecular flexibility index (Phi) is 8.33. The lowest BCUT2D eigenvalue weighted by molar-refractivity contribution is -0.109. The first-order valence-electron chi connectivity index (χ1n) is 7.97. The van der Waals surface area contributed by atoms with Crippen molar-refractivity contribution in [3.05, 3.63) is 35.9 Å². The summed E-state index contributed by atoms with van der Waals surface area (Å²) in [7, 11) is 0. The van der Waals surface area contributed by atoms with E-state index in [0.717, 1.165) is 24.7 Å². The second-order valence-electron chi connectivity index (χ2n) is 6.42. The number of alkyl carbamates (subject to hydrolysis) is 1. The van der Waals surface area contributed by atoms with Crippen LogP contribution in [-0.2, 0) is 20.9 Å². The molecule has 0 fully saturated rings. The molecule has 0 radical (unpaired) electrons. The molecule has 1 amide bonds. The lowest BCUT2D eigenvalue weighted by atomic mass is 10.1. The number of rotatable bonds is 9. The number of hydrogen-bond donors (Lipinski definition) is 1. The zero-order valence-corrected chi connectivity index (χ0v) is 14.2. The summed E-state index contributed by atoms with van der Waals surface area (Å²) in [5.41, 5.74) is 0.577. The van der Waals surface area contributed by atoms with Gasteiger partial charge in [0.15, 0.2) is 0 Å². The number of benzene rings is 1. The quantitative estimate of drug-likeness (QED) is 0.559. The molecule has 1 atom stereocenters. The standard InChI is InChI=1S/C18H27NO4/c1-18(2,3)23-17(21)19-16(13-20)11-7-8-12-22-14-15-9-5-4-6-10-15/h4-6,9-10,13,16H,7-8,11-12,14H2,1-3H3,(H,19,21)/t16-/m0/s1. The first-order valence-corrected chi connectivity index (χ1v) is 7.97. The van der Waals surface area contributed by atoms with E-state index in [9.17, 15) is 9.59 Å². The summed E-state index contributed by atoms with van der Waals surface area (Å²) in [6, 6.07) is 9.46. The molecule has 0 saturated carbocycles. The Bertz CT molecular complexity index is 468. The maximum absolute atomic E-state index is 11.6. The molecule has 128 valence electrons. The molecule has 23 heavy (non-hydrogen) atoms. The van der Waals surface area contributed by atoms with Crippen LogP contribution in [0.25, 0.3) is 0 Å². The third-order valence-electron chi connectivity index (χ3n) is 3.03. The minimum Gasteiger partial charge on any atom is -0.444 e. The van der Waals surface area contributed by atoms with Crippen LogP contribution in [0, 0.1) is 0 Å². The fraction of sp³-hybridized carbons (Fsp3) is 0.556. The highest BCUT2D eigenvalue weighted by Gasteiger charge is 2.18. The summed E-state index contributed by atoms with van der Waals surface area (Å²) >= 11 is 0. The Morgan fingerprint density at radius 1 is 1.22 bits per heavy atom. The number of unbranched alkanes of at least 4 members (excludes halogenated alkanes) is 1. The largest absolute Gasteiger partial charge is 0.444 e. The van der Waals surface area contributed by atoms with Gasteiger partial charge in [0.2, 0.25) is 0 Å². The molecule has 1 rings (SSSR count). The fourth-order valence-corrected chi connectivity index (χ4v) is 1.97. The van der Waals surface area contributed by atoms with E-state index in [0.29, 0.717) is 19.6 Å². The van der Waals surface area contributed by atoms with Crippen LogP contribution in [-0.4, -0.2) is 30.6 Å². The van der Waals surface area contributed by atoms with Crippen LogP contribution in [0.1, 0.15) is 45.6 Å². The average Bonchev–Trinajstić information content (AvgIpc) is 2.48. The highest BCUT2D eigenvalue weighted by Crippen LogP contribution is 2.08. The molecule has 0 unspecified atom stereocenters. The van der Waals surface area contributed by atoms with Crippen LogP contribution in [0.5, 0.6) is 0 Å². The summed E-state index contributed by atoms with van der Waals surface area (Å²) < 4.78 is 10.7. The molecule has 0 spiro atoms. The highest BCUT2D eigenvalue weighted by molar-refractivity contribution is 5.73. The third kappa shape index (κ3) is 9.68. The van der Waals surface area contributed by atoms with Gasteiger partial charge in [0.1, 0.15) is 11.9 Å². The van der Waals surface area contributed by atoms with Gasteiger partial charge in [-0.3, -0.25) is 0 Å². The zero-order valence-electron chi connectivity index (χ0n) is 14.2. The van der Waals surface area contributed by atoms with Crippen LogP contribution < -0.4 is 5.32 Å². The summed E-state index contributed by atoms with van der Waals surface area (Å²) in [5.74, 6) is 0. The smallest absolute Gasteiger partial charge is 0.408 e. The molecule has 0 aromatic heterocycles. The van der Waals surface area contributed by atoms with Crippen molar-refractivity contribution < 1.29 is 19.1 Å². The van der Waals surface area contributed by atoms with E-state index in [1.54, 1.807) is 20.8 Å². The summed E-state index contributed by atoms with van der Waals surface area (Å²) in [5, 5.41) is 2.57. The van der Waals surface area contributed by atoms with E-state index in [1.165, 1.54) is 0 Å². The van der Waals surface area contributed by atoms with Crippen molar-refractivity contribution in [2.24, 2.45) is 0 Å². The molecule has 0 heterocycles. The molecule has 1 N–H and O–H groups in total. The van der Waals surface area contributed by atoms with E-state index in [2.05, 4.69) is 5.32 Å². The Morgan fingerprint density at radius 3 is 2.52 bits per heavy atom. The van der Waals surface area contributed by atoms with Gasteiger partial charge in [0, 0.05) is 6.61 Å². The molecular formula is C18H27NO4. The van der Waals surface area contributed by atoms with E-state index in [-0.39, 0.29) is 0 Å². The van der Waals surface area contributed by atoms with Gasteiger partial charge in [-0.25, -0.2) is 4.79 Å². The van der Waals surface area contributed by atoms with E-state index >= 15 is 0 Å². The van der Waals surface area contributed by atoms with Gasteiger partial charge in [0.05, 0.1) is 12.6 Å². The third-order valence-corrected chi connectivity index (χ3v) is 3.03. The minimum absolute atomic E-state index is 0.515. The Hall–Kier alpha value is -1.88. The number of nitrogens with one attached hydrogen (secondary N) is 1. The summed E-state index contributed by atoms with van der Waals surface area (Å²) in [6.07, 6.45) is 2.41. The number of aldehydes is 1. The van der Waals surface area contributed by atoms with Gasteiger partial charge < -0.3 is 19.6 Å². The Labute approximate surface area is 138 Å². The molecule has 5 nitrogen and oxygen atoms in total. The molecule has 5 heteroatoms. The van der Waals surface area contributed by atoms with Crippen molar-refractivity contribution in [3.8, 4) is 0 Å². The van der Waals surface area contributed by atoms with Crippen LogP contribution in [0.2, 0.25) is 0 Å². The fourth-order valence-electron chi connectivity index (χ4n) is 1.97. The van der Waals surface area contributed by atoms with Crippen LogP contribution in [0.3, 0.4) is 0 Å². The molecule has 0 aliphatic rings. The number of carbonyl (C=O) groups excluding carboxylic acids is 2. The van der Waals surface area contributed by atoms with Gasteiger partial charge in [-0.1, -0.05) is 30.3 Å². The maximum atomic E-state index is 11.6. The number of ether oxygens (including phenoxy) is 2. The van der Waals surface area contributed by atoms with E-state index in [4.69, 9.17) is 9.47 Å². The van der Waals surface area contributed by atoms with Crippen molar-refractivity contribution in [3.63, 3.8) is 0 Å². The number of carbonyl (C=O) groups is 2. The SMILES string of the molecule is CC(C)(C)OC(=O)N[C@H](C=O)CCCCOCc1ccccc1. The van der Waals surface area contributed by atoms with Crippen molar-refractivity contribution >= 4 is 12.4 Å². The number of amides is 1.